The third-order valence-electron chi connectivity index (χ3n) is 1.87. The summed E-state index contributed by atoms with van der Waals surface area (Å²) >= 11 is 5.97. The first-order chi connectivity index (χ1) is 6.79. The third kappa shape index (κ3) is 1.54. The quantitative estimate of drug-likeness (QED) is 0.780. The zero-order chi connectivity index (χ0) is 9.97. The van der Waals surface area contributed by atoms with Crippen molar-refractivity contribution >= 4 is 11.6 Å². The highest BCUT2D eigenvalue weighted by Gasteiger charge is 2.07. The average molecular weight is 207 g/mol. The van der Waals surface area contributed by atoms with Crippen molar-refractivity contribution in [1.29, 1.82) is 0 Å². The fourth-order valence-electron chi connectivity index (χ4n) is 1.21. The van der Waals surface area contributed by atoms with Crippen LogP contribution in [0, 0.1) is 0 Å². The molecule has 1 aromatic heterocycles. The van der Waals surface area contributed by atoms with Crippen LogP contribution in [0.25, 0.3) is 11.1 Å². The van der Waals surface area contributed by atoms with Crippen molar-refractivity contribution in [3.8, 4) is 17.0 Å². The van der Waals surface area contributed by atoms with Gasteiger partial charge in [0, 0.05) is 16.1 Å². The van der Waals surface area contributed by atoms with Crippen LogP contribution in [0.5, 0.6) is 5.88 Å². The lowest BCUT2D eigenvalue weighted by atomic mass is 10.1. The van der Waals surface area contributed by atoms with Crippen LogP contribution in [0.4, 0.5) is 0 Å². The summed E-state index contributed by atoms with van der Waals surface area (Å²) in [6.45, 7) is 0. The molecule has 0 spiro atoms. The van der Waals surface area contributed by atoms with Crippen molar-refractivity contribution in [3.05, 3.63) is 41.6 Å². The summed E-state index contributed by atoms with van der Waals surface area (Å²) in [6.07, 6.45) is 1.51. The molecule has 0 atom stereocenters. The fourth-order valence-corrected chi connectivity index (χ4v) is 1.45. The van der Waals surface area contributed by atoms with Gasteiger partial charge in [-0.2, -0.15) is 5.10 Å². The molecule has 0 saturated heterocycles. The van der Waals surface area contributed by atoms with Crippen LogP contribution in [0.3, 0.4) is 0 Å². The van der Waals surface area contributed by atoms with Crippen LogP contribution < -0.4 is 0 Å². The second-order valence-electron chi connectivity index (χ2n) is 2.75. The van der Waals surface area contributed by atoms with Gasteiger partial charge in [-0.25, -0.2) is 0 Å². The minimum Gasteiger partial charge on any atom is -0.492 e. The Morgan fingerprint density at radius 2 is 1.86 bits per heavy atom. The van der Waals surface area contributed by atoms with Crippen molar-refractivity contribution in [1.82, 2.24) is 10.2 Å². The van der Waals surface area contributed by atoms with Gasteiger partial charge in [-0.1, -0.05) is 29.8 Å². The minimum absolute atomic E-state index is 0.111. The first-order valence-electron chi connectivity index (χ1n) is 4.04. The molecule has 0 aliphatic carbocycles. The highest BCUT2D eigenvalue weighted by Crippen LogP contribution is 2.31. The van der Waals surface area contributed by atoms with E-state index < -0.39 is 0 Å². The number of nitrogens with zero attached hydrogens (tertiary/aromatic N) is 2. The van der Waals surface area contributed by atoms with Gasteiger partial charge in [-0.3, -0.25) is 0 Å². The van der Waals surface area contributed by atoms with E-state index in [9.17, 15) is 5.11 Å². The van der Waals surface area contributed by atoms with E-state index in [0.717, 1.165) is 5.56 Å². The second kappa shape index (κ2) is 3.64. The summed E-state index contributed by atoms with van der Waals surface area (Å²) in [6, 6.07) is 8.93. The Morgan fingerprint density at radius 3 is 2.57 bits per heavy atom. The molecule has 0 radical (unpaired) electrons. The molecule has 0 aliphatic rings. The van der Waals surface area contributed by atoms with Crippen molar-refractivity contribution < 1.29 is 5.11 Å². The predicted octanol–water partition coefficient (Wildman–Crippen LogP) is 2.50. The van der Waals surface area contributed by atoms with Gasteiger partial charge in [0.1, 0.15) is 0 Å². The maximum atomic E-state index is 9.46. The summed E-state index contributed by atoms with van der Waals surface area (Å²) in [5, 5.41) is 17.1. The normalized spacial score (nSPS) is 10.1. The number of aromatic hydroxyl groups is 1. The number of aromatic nitrogens is 2. The molecule has 3 nitrogen and oxygen atoms in total. The Labute approximate surface area is 86.0 Å². The molecule has 0 fully saturated rings. The zero-order valence-electron chi connectivity index (χ0n) is 7.18. The first kappa shape index (κ1) is 8.97. The van der Waals surface area contributed by atoms with Crippen LogP contribution in [-0.2, 0) is 0 Å². The van der Waals surface area contributed by atoms with Gasteiger partial charge in [0.2, 0.25) is 5.88 Å². The van der Waals surface area contributed by atoms with Crippen LogP contribution >= 0.6 is 11.6 Å². The molecule has 1 heterocycles. The van der Waals surface area contributed by atoms with E-state index >= 15 is 0 Å². The molecular formula is C10H7ClN2O. The van der Waals surface area contributed by atoms with Gasteiger partial charge in [-0.15, -0.1) is 5.10 Å². The van der Waals surface area contributed by atoms with Gasteiger partial charge >= 0.3 is 0 Å². The van der Waals surface area contributed by atoms with E-state index in [1.165, 1.54) is 6.20 Å². The van der Waals surface area contributed by atoms with Crippen molar-refractivity contribution in [2.75, 3.05) is 0 Å². The topological polar surface area (TPSA) is 46.0 Å². The average Bonchev–Trinajstić information content (AvgIpc) is 2.20. The largest absolute Gasteiger partial charge is 0.492 e. The van der Waals surface area contributed by atoms with E-state index in [1.54, 1.807) is 12.1 Å². The van der Waals surface area contributed by atoms with Gasteiger partial charge in [0.25, 0.3) is 0 Å². The molecular weight excluding hydrogens is 200 g/mol. The maximum Gasteiger partial charge on any atom is 0.238 e. The molecule has 0 saturated carbocycles. The summed E-state index contributed by atoms with van der Waals surface area (Å²) in [4.78, 5) is 0. The molecule has 1 aromatic carbocycles. The van der Waals surface area contributed by atoms with E-state index in [2.05, 4.69) is 10.2 Å². The molecule has 14 heavy (non-hydrogen) atoms. The Bertz CT molecular complexity index is 416. The molecule has 0 unspecified atom stereocenters. The Morgan fingerprint density at radius 1 is 1.07 bits per heavy atom. The number of benzene rings is 1. The lowest BCUT2D eigenvalue weighted by Crippen LogP contribution is -1.85. The van der Waals surface area contributed by atoms with Crippen LogP contribution in [-0.4, -0.2) is 15.3 Å². The summed E-state index contributed by atoms with van der Waals surface area (Å²) in [5.74, 6) is -0.111. The summed E-state index contributed by atoms with van der Waals surface area (Å²) < 4.78 is 0. The Hall–Kier alpha value is -1.61. The number of hydrogen-bond acceptors (Lipinski definition) is 3. The number of rotatable bonds is 1. The second-order valence-corrected chi connectivity index (χ2v) is 3.16. The molecule has 70 valence electrons. The van der Waals surface area contributed by atoms with E-state index in [-0.39, 0.29) is 5.88 Å². The first-order valence-corrected chi connectivity index (χ1v) is 4.42. The lowest BCUT2D eigenvalue weighted by Gasteiger charge is -2.03. The fraction of sp³-hybridized carbons (Fsp3) is 0. The molecule has 0 aliphatic heterocycles. The van der Waals surface area contributed by atoms with Crippen LogP contribution in [0.1, 0.15) is 0 Å². The smallest absolute Gasteiger partial charge is 0.238 e. The van der Waals surface area contributed by atoms with Crippen molar-refractivity contribution in [3.63, 3.8) is 0 Å². The molecule has 2 rings (SSSR count). The number of halogens is 1. The van der Waals surface area contributed by atoms with Gasteiger partial charge < -0.3 is 5.11 Å². The van der Waals surface area contributed by atoms with E-state index in [4.69, 9.17) is 11.6 Å². The van der Waals surface area contributed by atoms with Gasteiger partial charge in [0.05, 0.1) is 6.20 Å². The molecule has 4 heteroatoms. The van der Waals surface area contributed by atoms with Gasteiger partial charge in [-0.05, 0) is 12.1 Å². The molecule has 0 bridgehead atoms. The predicted molar refractivity (Wildman–Crippen MR) is 54.1 cm³/mol. The standard InChI is InChI=1S/C10H7ClN2O/c11-9-4-2-1-3-7(9)8-5-6-12-13-10(8)14/h1-6H,(H,13,14). The monoisotopic (exact) mass is 206 g/mol. The Balaban J connectivity index is 2.61. The molecule has 0 amide bonds. The zero-order valence-corrected chi connectivity index (χ0v) is 7.94. The molecule has 1 N–H and O–H groups in total. The van der Waals surface area contributed by atoms with Gasteiger partial charge in [0.15, 0.2) is 0 Å². The van der Waals surface area contributed by atoms with E-state index in [1.807, 2.05) is 18.2 Å². The highest BCUT2D eigenvalue weighted by molar-refractivity contribution is 6.33. The SMILES string of the molecule is Oc1nnccc1-c1ccccc1Cl. The lowest BCUT2D eigenvalue weighted by molar-refractivity contribution is 0.447. The highest BCUT2D eigenvalue weighted by atomic mass is 35.5. The minimum atomic E-state index is -0.111. The van der Waals surface area contributed by atoms with Crippen molar-refractivity contribution in [2.45, 2.75) is 0 Å². The Kier molecular flexibility index (Phi) is 2.33. The van der Waals surface area contributed by atoms with Crippen molar-refractivity contribution in [2.24, 2.45) is 0 Å². The van der Waals surface area contributed by atoms with Crippen LogP contribution in [0.15, 0.2) is 36.5 Å². The van der Waals surface area contributed by atoms with Crippen LogP contribution in [0.2, 0.25) is 5.02 Å². The maximum absolute atomic E-state index is 9.46. The van der Waals surface area contributed by atoms with E-state index in [0.29, 0.717) is 10.6 Å². The third-order valence-corrected chi connectivity index (χ3v) is 2.19. The summed E-state index contributed by atoms with van der Waals surface area (Å²) in [5.41, 5.74) is 1.34. The molecule has 2 aromatic rings. The summed E-state index contributed by atoms with van der Waals surface area (Å²) in [7, 11) is 0. The number of hydrogen-bond donors (Lipinski definition) is 1.